The highest BCUT2D eigenvalue weighted by molar-refractivity contribution is 5.97. The van der Waals surface area contributed by atoms with Crippen molar-refractivity contribution in [3.63, 3.8) is 0 Å². The number of amides is 1. The molecule has 152 valence electrons. The Hall–Kier alpha value is -3.00. The first-order chi connectivity index (χ1) is 13.8. The first-order valence-corrected chi connectivity index (χ1v) is 9.88. The fourth-order valence-corrected chi connectivity index (χ4v) is 3.85. The lowest BCUT2D eigenvalue weighted by atomic mass is 10.1. The van der Waals surface area contributed by atoms with Crippen LogP contribution in [0.25, 0.3) is 16.7 Å². The van der Waals surface area contributed by atoms with Crippen molar-refractivity contribution in [2.24, 2.45) is 0 Å². The average Bonchev–Trinajstić information content (AvgIpc) is 2.68. The minimum Gasteiger partial charge on any atom is -0.336 e. The third-order valence-electron chi connectivity index (χ3n) is 5.54. The number of carbonyl (C=O) groups excluding carboxylic acids is 1. The van der Waals surface area contributed by atoms with Crippen LogP contribution in [0.2, 0.25) is 0 Å². The highest BCUT2D eigenvalue weighted by Crippen LogP contribution is 2.16. The summed E-state index contributed by atoms with van der Waals surface area (Å²) in [5, 5.41) is 9.07. The Labute approximate surface area is 168 Å². The summed E-state index contributed by atoms with van der Waals surface area (Å²) in [6, 6.07) is 5.14. The average molecular weight is 394 g/mol. The van der Waals surface area contributed by atoms with Crippen molar-refractivity contribution < 1.29 is 4.79 Å². The minimum atomic E-state index is -0.226. The molecule has 29 heavy (non-hydrogen) atoms. The van der Waals surface area contributed by atoms with Gasteiger partial charge in [-0.05, 0) is 45.5 Å². The second-order valence-electron chi connectivity index (χ2n) is 8.05. The second kappa shape index (κ2) is 7.11. The van der Waals surface area contributed by atoms with E-state index in [1.165, 1.54) is 4.40 Å². The summed E-state index contributed by atoms with van der Waals surface area (Å²) in [6.45, 7) is 8.60. The molecule has 0 radical (unpaired) electrons. The maximum atomic E-state index is 13.2. The lowest BCUT2D eigenvalue weighted by molar-refractivity contribution is 0.0661. The van der Waals surface area contributed by atoms with E-state index in [1.807, 2.05) is 33.9 Å². The Morgan fingerprint density at radius 2 is 1.86 bits per heavy atom. The van der Waals surface area contributed by atoms with Gasteiger partial charge in [-0.3, -0.25) is 19.4 Å². The quantitative estimate of drug-likeness (QED) is 0.666. The molecule has 1 N–H and O–H groups in total. The summed E-state index contributed by atoms with van der Waals surface area (Å²) < 4.78 is 3.19. The number of hydrogen-bond donors (Lipinski definition) is 1. The number of hydrogen-bond acceptors (Lipinski definition) is 5. The Kier molecular flexibility index (Phi) is 4.74. The van der Waals surface area contributed by atoms with Crippen LogP contribution < -0.4 is 11.0 Å². The predicted octanol–water partition coefficient (Wildman–Crippen LogP) is 1.41. The molecule has 1 saturated heterocycles. The predicted molar refractivity (Wildman–Crippen MR) is 111 cm³/mol. The zero-order valence-electron chi connectivity index (χ0n) is 17.3. The second-order valence-corrected chi connectivity index (χ2v) is 8.05. The number of aryl methyl sites for hydroxylation is 1. The van der Waals surface area contributed by atoms with E-state index in [4.69, 9.17) is 5.41 Å². The molecule has 0 atom stereocenters. The van der Waals surface area contributed by atoms with Crippen LogP contribution in [0.4, 0.5) is 0 Å². The molecule has 1 aliphatic heterocycles. The molecule has 0 aliphatic carbocycles. The summed E-state index contributed by atoms with van der Waals surface area (Å²) in [5.74, 6) is -0.201. The Morgan fingerprint density at radius 1 is 1.17 bits per heavy atom. The largest absolute Gasteiger partial charge is 0.336 e. The third kappa shape index (κ3) is 3.23. The van der Waals surface area contributed by atoms with E-state index in [2.05, 4.69) is 9.88 Å². The summed E-state index contributed by atoms with van der Waals surface area (Å²) in [7, 11) is 2.03. The maximum Gasteiger partial charge on any atom is 0.267 e. The van der Waals surface area contributed by atoms with Gasteiger partial charge in [0.1, 0.15) is 16.8 Å². The number of likely N-dealkylation sites (N-methyl/N-ethyl adjacent to an activating group) is 1. The van der Waals surface area contributed by atoms with Crippen molar-refractivity contribution in [2.75, 3.05) is 33.2 Å². The molecule has 1 amide bonds. The van der Waals surface area contributed by atoms with Gasteiger partial charge < -0.3 is 14.4 Å². The molecule has 8 heteroatoms. The van der Waals surface area contributed by atoms with Crippen LogP contribution >= 0.6 is 0 Å². The van der Waals surface area contributed by atoms with Gasteiger partial charge in [0.2, 0.25) is 0 Å². The molecule has 0 aromatic carbocycles. The highest BCUT2D eigenvalue weighted by atomic mass is 16.2. The minimum absolute atomic E-state index is 0.0970. The first kappa shape index (κ1) is 19.3. The van der Waals surface area contributed by atoms with Crippen LogP contribution in [-0.2, 0) is 0 Å². The summed E-state index contributed by atoms with van der Waals surface area (Å²) in [6.07, 6.45) is 1.75. The van der Waals surface area contributed by atoms with E-state index in [0.29, 0.717) is 29.8 Å². The zero-order chi connectivity index (χ0) is 20.9. The fraction of sp³-hybridized carbons (Fsp3) is 0.429. The van der Waals surface area contributed by atoms with Crippen molar-refractivity contribution in [3.05, 3.63) is 51.4 Å². The zero-order valence-corrected chi connectivity index (χ0v) is 17.3. The van der Waals surface area contributed by atoms with Crippen molar-refractivity contribution in [1.82, 2.24) is 23.8 Å². The molecule has 0 saturated carbocycles. The normalized spacial score (nSPS) is 15.6. The van der Waals surface area contributed by atoms with Crippen molar-refractivity contribution in [2.45, 2.75) is 26.8 Å². The van der Waals surface area contributed by atoms with E-state index < -0.39 is 0 Å². The number of carbonyl (C=O) groups is 1. The summed E-state index contributed by atoms with van der Waals surface area (Å²) in [5.41, 5.74) is 2.04. The van der Waals surface area contributed by atoms with Crippen LogP contribution in [0.15, 0.2) is 29.2 Å². The SMILES string of the molecule is Cc1ccc2nc3c(cc(C(=O)N4CCN(C)CC4)c(=N)n3C(C)C)c(=O)n2c1. The standard InChI is InChI=1S/C21H26N6O2/c1-13(2)27-18(22)15(20(28)25-9-7-24(4)8-10-25)11-16-19(27)23-17-6-5-14(3)12-26(17)21(16)29/h5-6,11-13,22H,7-10H2,1-4H3. The molecule has 1 fully saturated rings. The molecule has 0 unspecified atom stereocenters. The monoisotopic (exact) mass is 394 g/mol. The highest BCUT2D eigenvalue weighted by Gasteiger charge is 2.24. The van der Waals surface area contributed by atoms with Crippen molar-refractivity contribution in [3.8, 4) is 0 Å². The van der Waals surface area contributed by atoms with Crippen LogP contribution in [0.5, 0.6) is 0 Å². The first-order valence-electron chi connectivity index (χ1n) is 9.88. The number of piperazine rings is 1. The van der Waals surface area contributed by atoms with E-state index in [0.717, 1.165) is 18.7 Å². The van der Waals surface area contributed by atoms with Crippen LogP contribution in [-0.4, -0.2) is 62.9 Å². The molecular formula is C21H26N6O2. The number of pyridine rings is 2. The van der Waals surface area contributed by atoms with Gasteiger partial charge in [-0.15, -0.1) is 0 Å². The number of nitrogens with zero attached hydrogens (tertiary/aromatic N) is 5. The maximum absolute atomic E-state index is 13.2. The van der Waals surface area contributed by atoms with E-state index >= 15 is 0 Å². The molecule has 8 nitrogen and oxygen atoms in total. The van der Waals surface area contributed by atoms with Crippen LogP contribution in [0.3, 0.4) is 0 Å². The molecule has 4 heterocycles. The topological polar surface area (TPSA) is 86.7 Å². The van der Waals surface area contributed by atoms with Gasteiger partial charge in [-0.25, -0.2) is 4.98 Å². The molecular weight excluding hydrogens is 368 g/mol. The Morgan fingerprint density at radius 3 is 2.52 bits per heavy atom. The van der Waals surface area contributed by atoms with Crippen molar-refractivity contribution >= 4 is 22.6 Å². The number of fused-ring (bicyclic) bond motifs is 2. The summed E-state index contributed by atoms with van der Waals surface area (Å²) >= 11 is 0. The number of rotatable bonds is 2. The molecule has 0 spiro atoms. The van der Waals surface area contributed by atoms with Gasteiger partial charge in [0, 0.05) is 38.4 Å². The van der Waals surface area contributed by atoms with E-state index in [1.54, 1.807) is 27.8 Å². The lowest BCUT2D eigenvalue weighted by Crippen LogP contribution is -2.48. The van der Waals surface area contributed by atoms with Gasteiger partial charge in [0.25, 0.3) is 11.5 Å². The number of aromatic nitrogens is 3. The molecule has 0 bridgehead atoms. The molecule has 3 aromatic heterocycles. The Bertz CT molecular complexity index is 1230. The van der Waals surface area contributed by atoms with Gasteiger partial charge in [-0.1, -0.05) is 6.07 Å². The molecule has 1 aliphatic rings. The van der Waals surface area contributed by atoms with Gasteiger partial charge >= 0.3 is 0 Å². The fourth-order valence-electron chi connectivity index (χ4n) is 3.85. The van der Waals surface area contributed by atoms with Crippen LogP contribution in [0.1, 0.15) is 35.8 Å². The van der Waals surface area contributed by atoms with Gasteiger partial charge in [0.15, 0.2) is 0 Å². The molecule has 3 aromatic rings. The number of nitrogens with one attached hydrogen (secondary N) is 1. The summed E-state index contributed by atoms with van der Waals surface area (Å²) in [4.78, 5) is 35.1. The Balaban J connectivity index is 1.99. The van der Waals surface area contributed by atoms with Gasteiger partial charge in [-0.2, -0.15) is 0 Å². The van der Waals surface area contributed by atoms with Crippen molar-refractivity contribution in [1.29, 1.82) is 5.41 Å². The molecule has 4 rings (SSSR count). The van der Waals surface area contributed by atoms with Crippen LogP contribution in [0, 0.1) is 12.3 Å². The van der Waals surface area contributed by atoms with E-state index in [9.17, 15) is 9.59 Å². The third-order valence-corrected chi connectivity index (χ3v) is 5.54. The van der Waals surface area contributed by atoms with Gasteiger partial charge in [0.05, 0.1) is 10.9 Å². The lowest BCUT2D eigenvalue weighted by Gasteiger charge is -2.32. The van der Waals surface area contributed by atoms with E-state index in [-0.39, 0.29) is 28.6 Å². The smallest absolute Gasteiger partial charge is 0.267 e.